The molecular formula is C24H19ClN2O4. The van der Waals surface area contributed by atoms with E-state index in [1.807, 2.05) is 6.07 Å². The molecular weight excluding hydrogens is 416 g/mol. The van der Waals surface area contributed by atoms with E-state index in [1.165, 1.54) is 18.8 Å². The van der Waals surface area contributed by atoms with Crippen molar-refractivity contribution >= 4 is 34.7 Å². The first kappa shape index (κ1) is 20.5. The van der Waals surface area contributed by atoms with Gasteiger partial charge >= 0.3 is 0 Å². The Morgan fingerprint density at radius 1 is 0.968 bits per heavy atom. The number of fused-ring (bicyclic) bond motifs is 1. The highest BCUT2D eigenvalue weighted by Crippen LogP contribution is 2.28. The Balaban J connectivity index is 1.90. The van der Waals surface area contributed by atoms with Gasteiger partial charge in [-0.25, -0.2) is 4.98 Å². The van der Waals surface area contributed by atoms with E-state index in [9.17, 15) is 9.90 Å². The van der Waals surface area contributed by atoms with Crippen LogP contribution in [0.3, 0.4) is 0 Å². The number of benzene rings is 3. The number of para-hydroxylation sites is 1. The molecule has 0 aliphatic heterocycles. The Hall–Kier alpha value is -3.77. The van der Waals surface area contributed by atoms with Gasteiger partial charge < -0.3 is 14.6 Å². The zero-order valence-corrected chi connectivity index (χ0v) is 17.6. The number of ether oxygens (including phenoxy) is 2. The van der Waals surface area contributed by atoms with Crippen LogP contribution < -0.4 is 15.0 Å². The number of methoxy groups -OCH3 is 2. The van der Waals surface area contributed by atoms with Crippen LogP contribution in [0.5, 0.6) is 17.2 Å². The van der Waals surface area contributed by atoms with Gasteiger partial charge in [0.05, 0.1) is 35.8 Å². The molecule has 1 N–H and O–H groups in total. The minimum absolute atomic E-state index is 0.0493. The zero-order chi connectivity index (χ0) is 22.0. The molecule has 0 unspecified atom stereocenters. The molecule has 0 aliphatic rings. The number of aromatic nitrogens is 2. The molecule has 0 fully saturated rings. The van der Waals surface area contributed by atoms with Crippen molar-refractivity contribution in [3.8, 4) is 22.9 Å². The summed E-state index contributed by atoms with van der Waals surface area (Å²) in [5, 5.41) is 10.7. The van der Waals surface area contributed by atoms with Gasteiger partial charge in [-0.2, -0.15) is 0 Å². The molecule has 6 nitrogen and oxygen atoms in total. The number of nitrogens with zero attached hydrogens (tertiary/aromatic N) is 2. The highest BCUT2D eigenvalue weighted by atomic mass is 35.5. The van der Waals surface area contributed by atoms with Crippen molar-refractivity contribution in [3.05, 3.63) is 87.4 Å². The molecule has 0 atom stereocenters. The second-order valence-corrected chi connectivity index (χ2v) is 7.12. The predicted molar refractivity (Wildman–Crippen MR) is 122 cm³/mol. The third-order valence-electron chi connectivity index (χ3n) is 4.82. The first-order valence-electron chi connectivity index (χ1n) is 9.42. The number of rotatable bonds is 5. The smallest absolute Gasteiger partial charge is 0.266 e. The predicted octanol–water partition coefficient (Wildman–Crippen LogP) is 4.93. The van der Waals surface area contributed by atoms with E-state index in [0.717, 1.165) is 5.56 Å². The monoisotopic (exact) mass is 434 g/mol. The SMILES string of the molecule is COc1cc(C=Cc2nc3ccccc3c(=O)n2-c2ccc(OC)c(Cl)c2)ccc1O. The number of halogens is 1. The summed E-state index contributed by atoms with van der Waals surface area (Å²) in [6.07, 6.45) is 3.53. The average molecular weight is 435 g/mol. The standard InChI is InChI=1S/C24H19ClN2O4/c1-30-21-11-9-16(14-18(21)25)27-23(26-19-6-4-3-5-17(19)24(27)29)12-8-15-7-10-20(28)22(13-15)31-2/h3-14,28H,1-2H3. The molecule has 156 valence electrons. The minimum atomic E-state index is -0.213. The average Bonchev–Trinajstić information content (AvgIpc) is 2.78. The number of hydrogen-bond donors (Lipinski definition) is 1. The first-order valence-corrected chi connectivity index (χ1v) is 9.80. The Labute approximate surface area is 183 Å². The molecule has 1 aromatic heterocycles. The molecule has 0 saturated carbocycles. The quantitative estimate of drug-likeness (QED) is 0.482. The van der Waals surface area contributed by atoms with Crippen molar-refractivity contribution in [2.24, 2.45) is 0 Å². The first-order chi connectivity index (χ1) is 15.0. The van der Waals surface area contributed by atoms with Gasteiger partial charge in [0.15, 0.2) is 11.5 Å². The third kappa shape index (κ3) is 3.98. The van der Waals surface area contributed by atoms with Crippen molar-refractivity contribution in [1.29, 1.82) is 0 Å². The van der Waals surface area contributed by atoms with Crippen molar-refractivity contribution in [2.45, 2.75) is 0 Å². The van der Waals surface area contributed by atoms with E-state index in [1.54, 1.807) is 66.7 Å². The van der Waals surface area contributed by atoms with Crippen LogP contribution in [-0.2, 0) is 0 Å². The molecule has 0 amide bonds. The molecule has 0 spiro atoms. The van der Waals surface area contributed by atoms with Gasteiger partial charge in [-0.05, 0) is 54.1 Å². The van der Waals surface area contributed by atoms with Crippen LogP contribution in [-0.4, -0.2) is 28.9 Å². The van der Waals surface area contributed by atoms with Gasteiger partial charge in [0.2, 0.25) is 0 Å². The van der Waals surface area contributed by atoms with Crippen LogP contribution in [0.2, 0.25) is 5.02 Å². The van der Waals surface area contributed by atoms with Gasteiger partial charge in [0.25, 0.3) is 5.56 Å². The fourth-order valence-electron chi connectivity index (χ4n) is 3.27. The summed E-state index contributed by atoms with van der Waals surface area (Å²) < 4.78 is 11.9. The molecule has 0 aliphatic carbocycles. The van der Waals surface area contributed by atoms with Crippen molar-refractivity contribution in [2.75, 3.05) is 14.2 Å². The zero-order valence-electron chi connectivity index (χ0n) is 16.9. The van der Waals surface area contributed by atoms with Crippen molar-refractivity contribution in [3.63, 3.8) is 0 Å². The normalized spacial score (nSPS) is 11.2. The molecule has 3 aromatic carbocycles. The number of hydrogen-bond acceptors (Lipinski definition) is 5. The van der Waals surface area contributed by atoms with E-state index >= 15 is 0 Å². The maximum absolute atomic E-state index is 13.3. The highest BCUT2D eigenvalue weighted by molar-refractivity contribution is 6.32. The summed E-state index contributed by atoms with van der Waals surface area (Å²) in [5.41, 5.74) is 1.72. The topological polar surface area (TPSA) is 73.6 Å². The summed E-state index contributed by atoms with van der Waals surface area (Å²) in [7, 11) is 3.02. The van der Waals surface area contributed by atoms with Gasteiger partial charge in [0, 0.05) is 0 Å². The largest absolute Gasteiger partial charge is 0.504 e. The number of aromatic hydroxyl groups is 1. The maximum atomic E-state index is 13.3. The van der Waals surface area contributed by atoms with Crippen molar-refractivity contribution < 1.29 is 14.6 Å². The fraction of sp³-hybridized carbons (Fsp3) is 0.0833. The Morgan fingerprint density at radius 3 is 2.48 bits per heavy atom. The molecule has 0 saturated heterocycles. The van der Waals surface area contributed by atoms with Gasteiger partial charge in [-0.3, -0.25) is 9.36 Å². The molecule has 0 radical (unpaired) electrons. The van der Waals surface area contributed by atoms with Gasteiger partial charge in [0.1, 0.15) is 11.6 Å². The van der Waals surface area contributed by atoms with Crippen LogP contribution in [0.25, 0.3) is 28.7 Å². The lowest BCUT2D eigenvalue weighted by Gasteiger charge is -2.13. The van der Waals surface area contributed by atoms with Crippen LogP contribution >= 0.6 is 11.6 Å². The van der Waals surface area contributed by atoms with Gasteiger partial charge in [-0.15, -0.1) is 0 Å². The Bertz CT molecular complexity index is 1360. The van der Waals surface area contributed by atoms with E-state index in [2.05, 4.69) is 4.98 Å². The van der Waals surface area contributed by atoms with Crippen molar-refractivity contribution in [1.82, 2.24) is 9.55 Å². The highest BCUT2D eigenvalue weighted by Gasteiger charge is 2.13. The lowest BCUT2D eigenvalue weighted by Crippen LogP contribution is -2.22. The van der Waals surface area contributed by atoms with Gasteiger partial charge in [-0.1, -0.05) is 35.9 Å². The third-order valence-corrected chi connectivity index (χ3v) is 5.12. The Morgan fingerprint density at radius 2 is 1.74 bits per heavy atom. The van der Waals surface area contributed by atoms with Crippen LogP contribution in [0.15, 0.2) is 65.5 Å². The summed E-state index contributed by atoms with van der Waals surface area (Å²) >= 11 is 6.31. The molecule has 4 aromatic rings. The Kier molecular flexibility index (Phi) is 5.64. The summed E-state index contributed by atoms with van der Waals surface area (Å²) in [6, 6.07) is 17.3. The van der Waals surface area contributed by atoms with Crippen LogP contribution in [0.4, 0.5) is 0 Å². The number of phenols is 1. The summed E-state index contributed by atoms with van der Waals surface area (Å²) in [5.74, 6) is 1.35. The summed E-state index contributed by atoms with van der Waals surface area (Å²) in [6.45, 7) is 0. The van der Waals surface area contributed by atoms with E-state index in [0.29, 0.717) is 38.9 Å². The van der Waals surface area contributed by atoms with E-state index in [4.69, 9.17) is 21.1 Å². The number of phenolic OH excluding ortho intramolecular Hbond substituents is 1. The van der Waals surface area contributed by atoms with Crippen LogP contribution in [0, 0.1) is 0 Å². The molecule has 31 heavy (non-hydrogen) atoms. The lowest BCUT2D eigenvalue weighted by molar-refractivity contribution is 0.373. The second kappa shape index (κ2) is 8.53. The summed E-state index contributed by atoms with van der Waals surface area (Å²) in [4.78, 5) is 18.0. The lowest BCUT2D eigenvalue weighted by atomic mass is 10.1. The van der Waals surface area contributed by atoms with E-state index in [-0.39, 0.29) is 11.3 Å². The molecule has 7 heteroatoms. The minimum Gasteiger partial charge on any atom is -0.504 e. The fourth-order valence-corrected chi connectivity index (χ4v) is 3.53. The second-order valence-electron chi connectivity index (χ2n) is 6.71. The van der Waals surface area contributed by atoms with Crippen LogP contribution in [0.1, 0.15) is 11.4 Å². The van der Waals surface area contributed by atoms with E-state index < -0.39 is 0 Å². The maximum Gasteiger partial charge on any atom is 0.266 e. The molecule has 0 bridgehead atoms. The molecule has 4 rings (SSSR count). The molecule has 1 heterocycles.